The zero-order chi connectivity index (χ0) is 22.8. The number of likely N-dealkylation sites (tertiary alicyclic amines) is 1. The topological polar surface area (TPSA) is 120 Å². The van der Waals surface area contributed by atoms with Crippen molar-refractivity contribution in [3.63, 3.8) is 0 Å². The summed E-state index contributed by atoms with van der Waals surface area (Å²) in [6, 6.07) is 7.44. The van der Waals surface area contributed by atoms with Crippen molar-refractivity contribution < 1.29 is 24.2 Å². The third-order valence-electron chi connectivity index (χ3n) is 7.79. The Balaban J connectivity index is 1.44. The van der Waals surface area contributed by atoms with E-state index in [0.29, 0.717) is 25.2 Å². The smallest absolute Gasteiger partial charge is 0.310 e. The number of carbonyl (C=O) groups excluding carboxylic acids is 1. The lowest BCUT2D eigenvalue weighted by molar-refractivity contribution is -0.150. The van der Waals surface area contributed by atoms with Crippen LogP contribution in [0.25, 0.3) is 5.69 Å². The number of amides is 1. The van der Waals surface area contributed by atoms with Crippen LogP contribution < -0.4 is 4.74 Å². The summed E-state index contributed by atoms with van der Waals surface area (Å²) in [4.78, 5) is 27.7. The highest BCUT2D eigenvalue weighted by atomic mass is 16.5. The molecule has 2 bridgehead atoms. The van der Waals surface area contributed by atoms with Gasteiger partial charge in [-0.3, -0.25) is 9.59 Å². The zero-order valence-corrected chi connectivity index (χ0v) is 18.3. The van der Waals surface area contributed by atoms with Gasteiger partial charge in [0.25, 0.3) is 0 Å². The first-order chi connectivity index (χ1) is 16.0. The lowest BCUT2D eigenvalue weighted by atomic mass is 9.77. The normalized spacial score (nSPS) is 31.7. The van der Waals surface area contributed by atoms with Gasteiger partial charge in [-0.2, -0.15) is 4.68 Å². The standard InChI is InChI=1S/C23H25N5O5/c1-32-15-7-5-14(6-8-15)28-21(24-25-26-28)22(10-3-2-4-11-22)27-13-23-12-9-16(33-23)17(20(30)31)18(23)19(27)29/h5-9,12,16-18H,2-4,10-11,13H2,1H3,(H,30,31)/t16-,17-,18-,23-/m1/s1. The second-order valence-electron chi connectivity index (χ2n) is 9.37. The maximum Gasteiger partial charge on any atom is 0.310 e. The van der Waals surface area contributed by atoms with Gasteiger partial charge in [-0.05, 0) is 47.5 Å². The SMILES string of the molecule is COc1ccc(-n2nnnc2C2(N3C[C@@]45C=C[C@@H](O4)[C@@H](C(=O)O)[C@@H]5C3=O)CCCCC2)cc1. The molecule has 1 N–H and O–H groups in total. The quantitative estimate of drug-likeness (QED) is 0.682. The molecule has 33 heavy (non-hydrogen) atoms. The van der Waals surface area contributed by atoms with Crippen molar-refractivity contribution in [1.82, 2.24) is 25.1 Å². The van der Waals surface area contributed by atoms with E-state index in [4.69, 9.17) is 9.47 Å². The number of aliphatic carboxylic acids is 1. The van der Waals surface area contributed by atoms with Gasteiger partial charge < -0.3 is 19.5 Å². The molecular weight excluding hydrogens is 426 g/mol. The summed E-state index contributed by atoms with van der Waals surface area (Å²) in [7, 11) is 1.61. The molecule has 10 nitrogen and oxygen atoms in total. The lowest BCUT2D eigenvalue weighted by Gasteiger charge is -2.44. The number of hydrogen-bond acceptors (Lipinski definition) is 7. The minimum Gasteiger partial charge on any atom is -0.497 e. The molecule has 3 fully saturated rings. The van der Waals surface area contributed by atoms with E-state index in [0.717, 1.165) is 30.7 Å². The average molecular weight is 451 g/mol. The van der Waals surface area contributed by atoms with Crippen molar-refractivity contribution in [2.24, 2.45) is 11.8 Å². The summed E-state index contributed by atoms with van der Waals surface area (Å²) in [5, 5.41) is 22.5. The molecule has 1 saturated carbocycles. The number of aromatic nitrogens is 4. The van der Waals surface area contributed by atoms with E-state index in [1.54, 1.807) is 17.9 Å². The van der Waals surface area contributed by atoms with E-state index in [9.17, 15) is 14.7 Å². The minimum atomic E-state index is -0.993. The largest absolute Gasteiger partial charge is 0.497 e. The summed E-state index contributed by atoms with van der Waals surface area (Å²) in [5.74, 6) is -1.45. The third kappa shape index (κ3) is 2.73. The highest BCUT2D eigenvalue weighted by Gasteiger charge is 2.69. The minimum absolute atomic E-state index is 0.180. The van der Waals surface area contributed by atoms with Crippen LogP contribution in [0.4, 0.5) is 0 Å². The fraction of sp³-hybridized carbons (Fsp3) is 0.522. The molecule has 6 rings (SSSR count). The van der Waals surface area contributed by atoms with Gasteiger partial charge in [-0.25, -0.2) is 0 Å². The number of hydrogen-bond donors (Lipinski definition) is 1. The van der Waals surface area contributed by atoms with Crippen LogP contribution in [0.3, 0.4) is 0 Å². The van der Waals surface area contributed by atoms with Crippen molar-refractivity contribution in [3.8, 4) is 11.4 Å². The maximum absolute atomic E-state index is 13.9. The number of methoxy groups -OCH3 is 1. The van der Waals surface area contributed by atoms with E-state index in [2.05, 4.69) is 15.5 Å². The van der Waals surface area contributed by atoms with Crippen molar-refractivity contribution in [1.29, 1.82) is 0 Å². The molecule has 0 unspecified atom stereocenters. The molecule has 1 aromatic heterocycles. The Morgan fingerprint density at radius 3 is 2.67 bits per heavy atom. The van der Waals surface area contributed by atoms with Crippen LogP contribution in [0.5, 0.6) is 5.75 Å². The first-order valence-electron chi connectivity index (χ1n) is 11.3. The molecule has 4 aliphatic rings. The number of nitrogens with zero attached hydrogens (tertiary/aromatic N) is 5. The Labute approximate surface area is 190 Å². The van der Waals surface area contributed by atoms with Crippen LogP contribution in [0, 0.1) is 11.8 Å². The number of carboxylic acid groups (broad SMARTS) is 1. The fourth-order valence-corrected chi connectivity index (χ4v) is 6.27. The van der Waals surface area contributed by atoms with E-state index in [1.165, 1.54) is 0 Å². The van der Waals surface area contributed by atoms with Gasteiger partial charge in [0.15, 0.2) is 5.82 Å². The molecule has 1 aromatic carbocycles. The second kappa shape index (κ2) is 7.11. The third-order valence-corrected chi connectivity index (χ3v) is 7.79. The van der Waals surface area contributed by atoms with E-state index in [1.807, 2.05) is 35.2 Å². The second-order valence-corrected chi connectivity index (χ2v) is 9.37. The molecule has 0 radical (unpaired) electrons. The monoisotopic (exact) mass is 451 g/mol. The highest BCUT2D eigenvalue weighted by molar-refractivity contribution is 5.91. The van der Waals surface area contributed by atoms with Gasteiger partial charge in [0, 0.05) is 0 Å². The van der Waals surface area contributed by atoms with Crippen molar-refractivity contribution in [2.45, 2.75) is 49.3 Å². The Morgan fingerprint density at radius 1 is 1.21 bits per heavy atom. The number of benzene rings is 1. The molecule has 3 aliphatic heterocycles. The van der Waals surface area contributed by atoms with Crippen LogP contribution in [0.15, 0.2) is 36.4 Å². The van der Waals surface area contributed by atoms with Crippen LogP contribution in [-0.4, -0.2) is 67.4 Å². The number of ether oxygens (including phenoxy) is 2. The van der Waals surface area contributed by atoms with Gasteiger partial charge in [0.05, 0.1) is 31.4 Å². The lowest BCUT2D eigenvalue weighted by Crippen LogP contribution is -2.52. The summed E-state index contributed by atoms with van der Waals surface area (Å²) in [5.41, 5.74) is -0.852. The Bertz CT molecular complexity index is 1140. The fourth-order valence-electron chi connectivity index (χ4n) is 6.27. The number of fused-ring (bicyclic) bond motifs is 1. The van der Waals surface area contributed by atoms with Crippen LogP contribution >= 0.6 is 0 Å². The van der Waals surface area contributed by atoms with Crippen molar-refractivity contribution in [3.05, 3.63) is 42.2 Å². The summed E-state index contributed by atoms with van der Waals surface area (Å²) in [6.45, 7) is 0.308. The number of carboxylic acids is 1. The predicted octanol–water partition coefficient (Wildman–Crippen LogP) is 1.70. The van der Waals surface area contributed by atoms with Crippen LogP contribution in [0.1, 0.15) is 37.9 Å². The van der Waals surface area contributed by atoms with Gasteiger partial charge in [0.2, 0.25) is 5.91 Å². The Morgan fingerprint density at radius 2 is 1.97 bits per heavy atom. The molecule has 172 valence electrons. The van der Waals surface area contributed by atoms with Gasteiger partial charge in [0.1, 0.15) is 22.8 Å². The van der Waals surface area contributed by atoms with Crippen molar-refractivity contribution >= 4 is 11.9 Å². The van der Waals surface area contributed by atoms with E-state index < -0.39 is 35.0 Å². The molecule has 2 saturated heterocycles. The average Bonchev–Trinajstić information content (AvgIpc) is 3.60. The maximum atomic E-state index is 13.9. The molecular formula is C23H25N5O5. The molecule has 4 atom stereocenters. The molecule has 1 spiro atoms. The molecule has 4 heterocycles. The zero-order valence-electron chi connectivity index (χ0n) is 18.3. The number of tetrazole rings is 1. The van der Waals surface area contributed by atoms with Crippen LogP contribution in [-0.2, 0) is 19.9 Å². The van der Waals surface area contributed by atoms with E-state index >= 15 is 0 Å². The Hall–Kier alpha value is -3.27. The predicted molar refractivity (Wildman–Crippen MR) is 114 cm³/mol. The van der Waals surface area contributed by atoms with Gasteiger partial charge in [-0.1, -0.05) is 31.4 Å². The Kier molecular flexibility index (Phi) is 4.39. The number of rotatable bonds is 5. The van der Waals surface area contributed by atoms with E-state index in [-0.39, 0.29) is 5.91 Å². The number of carbonyl (C=O) groups is 2. The van der Waals surface area contributed by atoms with Crippen molar-refractivity contribution in [2.75, 3.05) is 13.7 Å². The summed E-state index contributed by atoms with van der Waals surface area (Å²) < 4.78 is 13.1. The highest BCUT2D eigenvalue weighted by Crippen LogP contribution is 2.56. The summed E-state index contributed by atoms with van der Waals surface area (Å²) >= 11 is 0. The summed E-state index contributed by atoms with van der Waals surface area (Å²) in [6.07, 6.45) is 7.48. The first kappa shape index (κ1) is 20.3. The first-order valence-corrected chi connectivity index (χ1v) is 11.3. The molecule has 2 aromatic rings. The van der Waals surface area contributed by atoms with Gasteiger partial charge >= 0.3 is 5.97 Å². The molecule has 1 amide bonds. The molecule has 10 heteroatoms. The molecule has 1 aliphatic carbocycles. The van der Waals surface area contributed by atoms with Crippen LogP contribution in [0.2, 0.25) is 0 Å². The van der Waals surface area contributed by atoms with Gasteiger partial charge in [-0.15, -0.1) is 5.10 Å².